The fraction of sp³-hybridized carbons (Fsp3) is 0.455. The van der Waals surface area contributed by atoms with Crippen molar-refractivity contribution in [1.82, 2.24) is 9.88 Å². The molecular formula is C11H16N2O3. The molecule has 1 heterocycles. The number of pyridine rings is 1. The van der Waals surface area contributed by atoms with Crippen molar-refractivity contribution < 1.29 is 15.0 Å². The van der Waals surface area contributed by atoms with Gasteiger partial charge in [-0.2, -0.15) is 0 Å². The second-order valence-corrected chi connectivity index (χ2v) is 3.68. The number of carboxylic acid groups (broad SMARTS) is 1. The molecule has 0 spiro atoms. The zero-order chi connectivity index (χ0) is 12.0. The van der Waals surface area contributed by atoms with Crippen LogP contribution < -0.4 is 0 Å². The molecule has 0 aliphatic rings. The van der Waals surface area contributed by atoms with E-state index in [0.717, 1.165) is 0 Å². The van der Waals surface area contributed by atoms with Gasteiger partial charge in [0.2, 0.25) is 0 Å². The molecule has 5 heteroatoms. The number of aliphatic hydroxyl groups is 1. The minimum atomic E-state index is -0.834. The van der Waals surface area contributed by atoms with Crippen LogP contribution in [0.1, 0.15) is 18.2 Å². The number of aliphatic hydroxyl groups excluding tert-OH is 1. The van der Waals surface area contributed by atoms with Gasteiger partial charge in [0.1, 0.15) is 6.10 Å². The molecule has 16 heavy (non-hydrogen) atoms. The van der Waals surface area contributed by atoms with Gasteiger partial charge in [-0.05, 0) is 19.2 Å². The minimum Gasteiger partial charge on any atom is -0.481 e. The lowest BCUT2D eigenvalue weighted by atomic mass is 10.2. The van der Waals surface area contributed by atoms with Crippen molar-refractivity contribution in [2.45, 2.75) is 12.5 Å². The summed E-state index contributed by atoms with van der Waals surface area (Å²) in [6, 6.07) is 5.34. The summed E-state index contributed by atoms with van der Waals surface area (Å²) in [7, 11) is 1.77. The largest absolute Gasteiger partial charge is 0.481 e. The molecule has 88 valence electrons. The molecule has 0 aromatic carbocycles. The molecule has 0 radical (unpaired) electrons. The van der Waals surface area contributed by atoms with Gasteiger partial charge in [0.15, 0.2) is 0 Å². The zero-order valence-electron chi connectivity index (χ0n) is 9.21. The topological polar surface area (TPSA) is 73.7 Å². The Morgan fingerprint density at radius 2 is 2.31 bits per heavy atom. The maximum absolute atomic E-state index is 10.4. The predicted octanol–water partition coefficient (Wildman–Crippen LogP) is 0.521. The normalized spacial score (nSPS) is 12.7. The highest BCUT2D eigenvalue weighted by Crippen LogP contribution is 2.09. The van der Waals surface area contributed by atoms with Gasteiger partial charge in [0, 0.05) is 19.3 Å². The number of nitrogens with zero attached hydrogens (tertiary/aromatic N) is 2. The number of aliphatic carboxylic acids is 1. The highest BCUT2D eigenvalue weighted by Gasteiger charge is 2.12. The lowest BCUT2D eigenvalue weighted by molar-refractivity contribution is -0.137. The quantitative estimate of drug-likeness (QED) is 0.737. The summed E-state index contributed by atoms with van der Waals surface area (Å²) in [4.78, 5) is 16.2. The Bertz CT molecular complexity index is 329. The number of carboxylic acids is 1. The fourth-order valence-electron chi connectivity index (χ4n) is 1.34. The summed E-state index contributed by atoms with van der Waals surface area (Å²) in [5.74, 6) is -0.834. The minimum absolute atomic E-state index is 0.0748. The Morgan fingerprint density at radius 3 is 2.88 bits per heavy atom. The fourth-order valence-corrected chi connectivity index (χ4v) is 1.34. The van der Waals surface area contributed by atoms with Gasteiger partial charge in [0.25, 0.3) is 0 Å². The monoisotopic (exact) mass is 224 g/mol. The van der Waals surface area contributed by atoms with E-state index in [-0.39, 0.29) is 6.42 Å². The van der Waals surface area contributed by atoms with Gasteiger partial charge in [-0.3, -0.25) is 9.78 Å². The van der Waals surface area contributed by atoms with Crippen LogP contribution in [-0.4, -0.2) is 46.2 Å². The molecule has 0 saturated carbocycles. The lowest BCUT2D eigenvalue weighted by Crippen LogP contribution is -2.27. The van der Waals surface area contributed by atoms with Gasteiger partial charge in [0.05, 0.1) is 12.1 Å². The van der Waals surface area contributed by atoms with Crippen molar-refractivity contribution in [2.24, 2.45) is 0 Å². The van der Waals surface area contributed by atoms with Crippen molar-refractivity contribution >= 4 is 5.97 Å². The third-order valence-electron chi connectivity index (χ3n) is 2.22. The van der Waals surface area contributed by atoms with E-state index in [4.69, 9.17) is 5.11 Å². The molecular weight excluding hydrogens is 208 g/mol. The summed E-state index contributed by atoms with van der Waals surface area (Å²) in [5.41, 5.74) is 0.602. The Labute approximate surface area is 94.4 Å². The molecule has 0 aliphatic carbocycles. The van der Waals surface area contributed by atoms with Crippen LogP contribution in [0.25, 0.3) is 0 Å². The van der Waals surface area contributed by atoms with Crippen LogP contribution in [-0.2, 0) is 4.79 Å². The average Bonchev–Trinajstić information content (AvgIpc) is 2.27. The highest BCUT2D eigenvalue weighted by molar-refractivity contribution is 5.66. The molecule has 2 N–H and O–H groups in total. The Balaban J connectivity index is 2.39. The van der Waals surface area contributed by atoms with E-state index in [0.29, 0.717) is 18.8 Å². The molecule has 1 aromatic heterocycles. The molecule has 1 unspecified atom stereocenters. The van der Waals surface area contributed by atoms with Crippen molar-refractivity contribution in [3.05, 3.63) is 30.1 Å². The molecule has 0 amide bonds. The molecule has 5 nitrogen and oxygen atoms in total. The first-order chi connectivity index (χ1) is 7.59. The van der Waals surface area contributed by atoms with E-state index in [2.05, 4.69) is 4.98 Å². The standard InChI is InChI=1S/C11H16N2O3/c1-13(7-5-11(15)16)8-10(14)9-4-2-3-6-12-9/h2-4,6,10,14H,5,7-8H2,1H3,(H,15,16). The van der Waals surface area contributed by atoms with E-state index in [1.165, 1.54) is 0 Å². The van der Waals surface area contributed by atoms with Crippen LogP contribution in [0.5, 0.6) is 0 Å². The average molecular weight is 224 g/mol. The van der Waals surface area contributed by atoms with Crippen LogP contribution in [0.4, 0.5) is 0 Å². The van der Waals surface area contributed by atoms with E-state index in [1.54, 1.807) is 30.3 Å². The summed E-state index contributed by atoms with van der Waals surface area (Å²) >= 11 is 0. The third-order valence-corrected chi connectivity index (χ3v) is 2.22. The summed E-state index contributed by atoms with van der Waals surface area (Å²) in [6.07, 6.45) is 1.02. The van der Waals surface area contributed by atoms with Gasteiger partial charge in [-0.25, -0.2) is 0 Å². The van der Waals surface area contributed by atoms with Gasteiger partial charge >= 0.3 is 5.97 Å². The van der Waals surface area contributed by atoms with Crippen LogP contribution in [0.3, 0.4) is 0 Å². The van der Waals surface area contributed by atoms with Crippen LogP contribution in [0, 0.1) is 0 Å². The van der Waals surface area contributed by atoms with Crippen molar-refractivity contribution in [3.8, 4) is 0 Å². The molecule has 0 bridgehead atoms. The molecule has 0 aliphatic heterocycles. The Hall–Kier alpha value is -1.46. The zero-order valence-corrected chi connectivity index (χ0v) is 9.21. The first-order valence-electron chi connectivity index (χ1n) is 5.09. The number of hydrogen-bond acceptors (Lipinski definition) is 4. The van der Waals surface area contributed by atoms with Crippen molar-refractivity contribution in [1.29, 1.82) is 0 Å². The van der Waals surface area contributed by atoms with Crippen molar-refractivity contribution in [2.75, 3.05) is 20.1 Å². The summed E-state index contributed by atoms with van der Waals surface area (Å²) in [5, 5.41) is 18.3. The van der Waals surface area contributed by atoms with Gasteiger partial charge in [-0.15, -0.1) is 0 Å². The lowest BCUT2D eigenvalue weighted by Gasteiger charge is -2.19. The van der Waals surface area contributed by atoms with Crippen molar-refractivity contribution in [3.63, 3.8) is 0 Å². The summed E-state index contributed by atoms with van der Waals surface area (Å²) in [6.45, 7) is 0.795. The van der Waals surface area contributed by atoms with Gasteiger partial charge in [-0.1, -0.05) is 6.07 Å². The van der Waals surface area contributed by atoms with E-state index < -0.39 is 12.1 Å². The third kappa shape index (κ3) is 4.37. The highest BCUT2D eigenvalue weighted by atomic mass is 16.4. The molecule has 0 fully saturated rings. The SMILES string of the molecule is CN(CCC(=O)O)CC(O)c1ccccn1. The summed E-state index contributed by atoms with van der Waals surface area (Å²) < 4.78 is 0. The van der Waals surface area contributed by atoms with Gasteiger partial charge < -0.3 is 15.1 Å². The van der Waals surface area contributed by atoms with E-state index in [1.807, 2.05) is 6.07 Å². The maximum atomic E-state index is 10.4. The molecule has 0 saturated heterocycles. The van der Waals surface area contributed by atoms with E-state index >= 15 is 0 Å². The predicted molar refractivity (Wildman–Crippen MR) is 58.9 cm³/mol. The second-order valence-electron chi connectivity index (χ2n) is 3.68. The molecule has 1 atom stereocenters. The van der Waals surface area contributed by atoms with E-state index in [9.17, 15) is 9.90 Å². The Morgan fingerprint density at radius 1 is 1.56 bits per heavy atom. The number of likely N-dealkylation sites (N-methyl/N-ethyl adjacent to an activating group) is 1. The maximum Gasteiger partial charge on any atom is 0.304 e. The molecule has 1 rings (SSSR count). The number of hydrogen-bond donors (Lipinski definition) is 2. The number of aromatic nitrogens is 1. The first-order valence-corrected chi connectivity index (χ1v) is 5.09. The smallest absolute Gasteiger partial charge is 0.304 e. The number of carbonyl (C=O) groups is 1. The van der Waals surface area contributed by atoms with Crippen LogP contribution >= 0.6 is 0 Å². The van der Waals surface area contributed by atoms with Crippen LogP contribution in [0.15, 0.2) is 24.4 Å². The first kappa shape index (κ1) is 12.6. The Kier molecular flexibility index (Phi) is 4.88. The second kappa shape index (κ2) is 6.19. The number of rotatable bonds is 6. The molecule has 1 aromatic rings. The van der Waals surface area contributed by atoms with Crippen LogP contribution in [0.2, 0.25) is 0 Å².